The third-order valence-corrected chi connectivity index (χ3v) is 5.37. The van der Waals surface area contributed by atoms with E-state index in [1.54, 1.807) is 0 Å². The van der Waals surface area contributed by atoms with E-state index in [9.17, 15) is 0 Å². The zero-order chi connectivity index (χ0) is 15.6. The molecule has 1 aromatic rings. The Bertz CT molecular complexity index is 469. The Hall–Kier alpha value is -0.820. The van der Waals surface area contributed by atoms with Crippen LogP contribution in [0.5, 0.6) is 0 Å². The van der Waals surface area contributed by atoms with Gasteiger partial charge in [-0.15, -0.1) is 0 Å². The Morgan fingerprint density at radius 1 is 1.05 bits per heavy atom. The average molecular weight is 287 g/mol. The number of hydrogen-bond donors (Lipinski definition) is 1. The van der Waals surface area contributed by atoms with Gasteiger partial charge in [0.2, 0.25) is 0 Å². The SMILES string of the molecule is Cc1ccc(C(C)NC2CCCCC2C(C)(C)C)cc1C. The first-order valence-electron chi connectivity index (χ1n) is 8.62. The molecule has 1 heteroatoms. The molecule has 0 aromatic heterocycles. The fourth-order valence-corrected chi connectivity index (χ4v) is 3.82. The van der Waals surface area contributed by atoms with Crippen LogP contribution in [0.2, 0.25) is 0 Å². The van der Waals surface area contributed by atoms with E-state index >= 15 is 0 Å². The van der Waals surface area contributed by atoms with Crippen LogP contribution in [0, 0.1) is 25.2 Å². The predicted molar refractivity (Wildman–Crippen MR) is 92.7 cm³/mol. The van der Waals surface area contributed by atoms with Gasteiger partial charge in [-0.1, -0.05) is 51.8 Å². The van der Waals surface area contributed by atoms with Crippen LogP contribution in [0.15, 0.2) is 18.2 Å². The summed E-state index contributed by atoms with van der Waals surface area (Å²) in [5, 5.41) is 3.94. The third-order valence-electron chi connectivity index (χ3n) is 5.37. The number of hydrogen-bond acceptors (Lipinski definition) is 1. The zero-order valence-electron chi connectivity index (χ0n) is 14.8. The molecule has 2 rings (SSSR count). The van der Waals surface area contributed by atoms with Gasteiger partial charge >= 0.3 is 0 Å². The van der Waals surface area contributed by atoms with Crippen LogP contribution in [0.3, 0.4) is 0 Å². The molecule has 0 radical (unpaired) electrons. The van der Waals surface area contributed by atoms with E-state index in [1.165, 1.54) is 42.4 Å². The van der Waals surface area contributed by atoms with E-state index < -0.39 is 0 Å². The van der Waals surface area contributed by atoms with E-state index in [4.69, 9.17) is 0 Å². The summed E-state index contributed by atoms with van der Waals surface area (Å²) in [6.07, 6.45) is 5.49. The zero-order valence-corrected chi connectivity index (χ0v) is 14.8. The maximum absolute atomic E-state index is 3.94. The molecule has 1 nitrogen and oxygen atoms in total. The summed E-state index contributed by atoms with van der Waals surface area (Å²) in [5.74, 6) is 0.792. The van der Waals surface area contributed by atoms with Crippen molar-refractivity contribution in [3.8, 4) is 0 Å². The molecule has 0 bridgehead atoms. The number of nitrogens with one attached hydrogen (secondary N) is 1. The standard InChI is InChI=1S/C20H33N/c1-14-11-12-17(13-15(14)2)16(3)21-19-10-8-7-9-18(19)20(4,5)6/h11-13,16,18-19,21H,7-10H2,1-6H3. The molecule has 1 N–H and O–H groups in total. The Morgan fingerprint density at radius 3 is 2.33 bits per heavy atom. The molecule has 21 heavy (non-hydrogen) atoms. The Kier molecular flexibility index (Phi) is 5.14. The summed E-state index contributed by atoms with van der Waals surface area (Å²) < 4.78 is 0. The topological polar surface area (TPSA) is 12.0 Å². The fraction of sp³-hybridized carbons (Fsp3) is 0.700. The maximum atomic E-state index is 3.94. The van der Waals surface area contributed by atoms with Crippen molar-refractivity contribution in [3.05, 3.63) is 34.9 Å². The van der Waals surface area contributed by atoms with Crippen LogP contribution >= 0.6 is 0 Å². The van der Waals surface area contributed by atoms with Gasteiger partial charge < -0.3 is 5.32 Å². The Labute approximate surface area is 131 Å². The second-order valence-corrected chi connectivity index (χ2v) is 8.10. The first-order chi connectivity index (χ1) is 9.79. The lowest BCUT2D eigenvalue weighted by Crippen LogP contribution is -2.45. The molecule has 0 heterocycles. The molecule has 1 fully saturated rings. The van der Waals surface area contributed by atoms with Gasteiger partial charge in [-0.3, -0.25) is 0 Å². The van der Waals surface area contributed by atoms with Gasteiger partial charge in [-0.25, -0.2) is 0 Å². The fourth-order valence-electron chi connectivity index (χ4n) is 3.82. The minimum Gasteiger partial charge on any atom is -0.307 e. The van der Waals surface area contributed by atoms with Crippen LogP contribution in [0.4, 0.5) is 0 Å². The molecular weight excluding hydrogens is 254 g/mol. The summed E-state index contributed by atoms with van der Waals surface area (Å²) in [6, 6.07) is 7.99. The lowest BCUT2D eigenvalue weighted by atomic mass is 9.69. The maximum Gasteiger partial charge on any atom is 0.0294 e. The molecule has 3 atom stereocenters. The molecule has 0 spiro atoms. The van der Waals surface area contributed by atoms with Crippen molar-refractivity contribution < 1.29 is 0 Å². The number of benzene rings is 1. The molecule has 1 aliphatic rings. The Morgan fingerprint density at radius 2 is 1.71 bits per heavy atom. The van der Waals surface area contributed by atoms with Crippen LogP contribution in [0.25, 0.3) is 0 Å². The Balaban J connectivity index is 2.09. The highest BCUT2D eigenvalue weighted by atomic mass is 15.0. The molecule has 1 saturated carbocycles. The normalized spacial score (nSPS) is 24.9. The minimum absolute atomic E-state index is 0.404. The first kappa shape index (κ1) is 16.5. The van der Waals surface area contributed by atoms with Crippen molar-refractivity contribution in [2.45, 2.75) is 79.3 Å². The van der Waals surface area contributed by atoms with Crippen molar-refractivity contribution in [1.82, 2.24) is 5.32 Å². The molecular formula is C20H33N. The van der Waals surface area contributed by atoms with Gasteiger partial charge in [0.05, 0.1) is 0 Å². The molecule has 0 aliphatic heterocycles. The highest BCUT2D eigenvalue weighted by molar-refractivity contribution is 5.31. The quantitative estimate of drug-likeness (QED) is 0.767. The summed E-state index contributed by atoms with van der Waals surface area (Å²) in [7, 11) is 0. The van der Waals surface area contributed by atoms with Crippen molar-refractivity contribution in [3.63, 3.8) is 0 Å². The van der Waals surface area contributed by atoms with Crippen LogP contribution < -0.4 is 5.32 Å². The highest BCUT2D eigenvalue weighted by Crippen LogP contribution is 2.38. The molecule has 1 aromatic carbocycles. The van der Waals surface area contributed by atoms with E-state index in [0.717, 1.165) is 5.92 Å². The second-order valence-electron chi connectivity index (χ2n) is 8.10. The van der Waals surface area contributed by atoms with Crippen LogP contribution in [0.1, 0.15) is 76.1 Å². The molecule has 0 saturated heterocycles. The highest BCUT2D eigenvalue weighted by Gasteiger charge is 2.34. The first-order valence-corrected chi connectivity index (χ1v) is 8.62. The van der Waals surface area contributed by atoms with Gasteiger partial charge in [0.25, 0.3) is 0 Å². The smallest absolute Gasteiger partial charge is 0.0294 e. The van der Waals surface area contributed by atoms with Gasteiger partial charge in [-0.2, -0.15) is 0 Å². The van der Waals surface area contributed by atoms with Crippen LogP contribution in [-0.4, -0.2) is 6.04 Å². The van der Waals surface area contributed by atoms with Crippen molar-refractivity contribution in [2.24, 2.45) is 11.3 Å². The monoisotopic (exact) mass is 287 g/mol. The number of aryl methyl sites for hydroxylation is 2. The van der Waals surface area contributed by atoms with E-state index in [1.807, 2.05) is 0 Å². The van der Waals surface area contributed by atoms with Crippen molar-refractivity contribution in [1.29, 1.82) is 0 Å². The second kappa shape index (κ2) is 6.52. The van der Waals surface area contributed by atoms with E-state index in [0.29, 0.717) is 17.5 Å². The summed E-state index contributed by atoms with van der Waals surface area (Å²) in [6.45, 7) is 13.9. The van der Waals surface area contributed by atoms with E-state index in [-0.39, 0.29) is 0 Å². The summed E-state index contributed by atoms with van der Waals surface area (Å²) in [5.41, 5.74) is 4.62. The van der Waals surface area contributed by atoms with Crippen LogP contribution in [-0.2, 0) is 0 Å². The molecule has 0 amide bonds. The molecule has 3 unspecified atom stereocenters. The third kappa shape index (κ3) is 4.10. The van der Waals surface area contributed by atoms with Crippen molar-refractivity contribution >= 4 is 0 Å². The van der Waals surface area contributed by atoms with Crippen molar-refractivity contribution in [2.75, 3.05) is 0 Å². The lowest BCUT2D eigenvalue weighted by molar-refractivity contribution is 0.124. The lowest BCUT2D eigenvalue weighted by Gasteiger charge is -2.42. The summed E-state index contributed by atoms with van der Waals surface area (Å²) in [4.78, 5) is 0. The molecule has 1 aliphatic carbocycles. The summed E-state index contributed by atoms with van der Waals surface area (Å²) >= 11 is 0. The average Bonchev–Trinajstić information content (AvgIpc) is 2.41. The largest absolute Gasteiger partial charge is 0.307 e. The predicted octanol–water partition coefficient (Wildman–Crippen LogP) is 5.56. The van der Waals surface area contributed by atoms with Gasteiger partial charge in [0.1, 0.15) is 0 Å². The minimum atomic E-state index is 0.404. The number of rotatable bonds is 3. The van der Waals surface area contributed by atoms with E-state index in [2.05, 4.69) is 65.1 Å². The van der Waals surface area contributed by atoms with Gasteiger partial charge in [0.15, 0.2) is 0 Å². The van der Waals surface area contributed by atoms with Gasteiger partial charge in [0, 0.05) is 12.1 Å². The molecule has 118 valence electrons. The van der Waals surface area contributed by atoms with Gasteiger partial charge in [-0.05, 0) is 61.6 Å².